The van der Waals surface area contributed by atoms with Crippen LogP contribution in [0.15, 0.2) is 5.16 Å². The van der Waals surface area contributed by atoms with Crippen LogP contribution in [0.4, 0.5) is 0 Å². The fourth-order valence-electron chi connectivity index (χ4n) is 2.80. The average molecular weight is 494 g/mol. The molecule has 0 spiro atoms. The number of aliphatic hydroxyl groups excluding tert-OH is 4. The minimum absolute atomic E-state index is 0.0957. The predicted molar refractivity (Wildman–Crippen MR) is 113 cm³/mol. The Morgan fingerprint density at radius 3 is 2.23 bits per heavy atom. The number of ether oxygens (including phenoxy) is 1. The van der Waals surface area contributed by atoms with E-state index in [0.29, 0.717) is 12.2 Å². The fraction of sp³-hybridized carbons (Fsp3) is 0.938. The predicted octanol–water partition coefficient (Wildman–Crippen LogP) is -0.238. The molecule has 1 aliphatic heterocycles. The van der Waals surface area contributed by atoms with E-state index in [-0.39, 0.29) is 11.5 Å². The van der Waals surface area contributed by atoms with Crippen LogP contribution in [0.5, 0.6) is 0 Å². The fourth-order valence-corrected chi connectivity index (χ4v) is 4.75. The second kappa shape index (κ2) is 14.0. The zero-order chi connectivity index (χ0) is 22.7. The summed E-state index contributed by atoms with van der Waals surface area (Å²) in [4.78, 5) is 0. The van der Waals surface area contributed by atoms with Gasteiger partial charge >= 0.3 is 10.4 Å². The normalized spacial score (nSPS) is 29.0. The van der Waals surface area contributed by atoms with Crippen LogP contribution >= 0.6 is 11.8 Å². The molecular weight excluding hydrogens is 462 g/mol. The molecule has 1 fully saturated rings. The Labute approximate surface area is 183 Å². The Morgan fingerprint density at radius 1 is 1.07 bits per heavy atom. The van der Waals surface area contributed by atoms with Crippen LogP contribution in [-0.2, 0) is 30.2 Å². The molecule has 14 heteroatoms. The topological polar surface area (TPSA) is 183 Å². The van der Waals surface area contributed by atoms with Crippen LogP contribution in [0.25, 0.3) is 0 Å². The van der Waals surface area contributed by atoms with E-state index in [9.17, 15) is 33.1 Å². The van der Waals surface area contributed by atoms with Crippen LogP contribution in [0.2, 0.25) is 0 Å². The van der Waals surface area contributed by atoms with Gasteiger partial charge in [-0.05, 0) is 19.3 Å². The van der Waals surface area contributed by atoms with Crippen LogP contribution in [-0.4, -0.2) is 91.1 Å². The van der Waals surface area contributed by atoms with Crippen LogP contribution < -0.4 is 0 Å². The molecule has 0 radical (unpaired) electrons. The quantitative estimate of drug-likeness (QED) is 0.0750. The summed E-state index contributed by atoms with van der Waals surface area (Å²) in [6.45, 7) is -0.596. The largest absolute Gasteiger partial charge is 0.466 e. The Balaban J connectivity index is 2.58. The van der Waals surface area contributed by atoms with Crippen molar-refractivity contribution >= 4 is 38.0 Å². The highest BCUT2D eigenvalue weighted by Gasteiger charge is 2.44. The van der Waals surface area contributed by atoms with Gasteiger partial charge in [-0.3, -0.25) is 8.76 Å². The Hall–Kier alpha value is -0.320. The monoisotopic (exact) mass is 493 g/mol. The molecule has 0 unspecified atom stereocenters. The molecule has 1 heterocycles. The van der Waals surface area contributed by atoms with Crippen molar-refractivity contribution in [1.82, 2.24) is 0 Å². The lowest BCUT2D eigenvalue weighted by atomic mass is 10.0. The SMILES string of the molecule is C[S@](=O)CCCCCCCC/C(=N/OS(=O)(=O)O)S[C@@H]1O[C@H](CO)[C@@H](O)[C@H](O)[C@H]1O. The van der Waals surface area contributed by atoms with Crippen molar-refractivity contribution in [1.29, 1.82) is 0 Å². The van der Waals surface area contributed by atoms with Gasteiger partial charge in [0, 0.05) is 22.8 Å². The molecule has 1 rings (SSSR count). The average Bonchev–Trinajstić information content (AvgIpc) is 2.67. The molecule has 0 bridgehead atoms. The molecule has 0 aromatic heterocycles. The molecule has 11 nitrogen and oxygen atoms in total. The number of unbranched alkanes of at least 4 members (excludes halogenated alkanes) is 5. The van der Waals surface area contributed by atoms with E-state index in [1.165, 1.54) is 0 Å². The van der Waals surface area contributed by atoms with E-state index in [0.717, 1.165) is 43.9 Å². The molecular formula is C16H31NO10S3. The highest BCUT2D eigenvalue weighted by Crippen LogP contribution is 2.30. The molecule has 1 saturated heterocycles. The zero-order valence-electron chi connectivity index (χ0n) is 16.7. The third kappa shape index (κ3) is 10.8. The molecule has 30 heavy (non-hydrogen) atoms. The molecule has 0 saturated carbocycles. The van der Waals surface area contributed by atoms with Crippen molar-refractivity contribution in [3.63, 3.8) is 0 Å². The number of oxime groups is 1. The lowest BCUT2D eigenvalue weighted by Gasteiger charge is -2.39. The summed E-state index contributed by atoms with van der Waals surface area (Å²) in [6.07, 6.45) is 1.35. The second-order valence-electron chi connectivity index (χ2n) is 6.95. The summed E-state index contributed by atoms with van der Waals surface area (Å²) >= 11 is 0.776. The van der Waals surface area contributed by atoms with Crippen LogP contribution in [0.3, 0.4) is 0 Å². The molecule has 1 aliphatic rings. The highest BCUT2D eigenvalue weighted by atomic mass is 32.3. The van der Waals surface area contributed by atoms with Crippen molar-refractivity contribution in [2.24, 2.45) is 5.16 Å². The number of nitrogens with zero attached hydrogens (tertiary/aromatic N) is 1. The van der Waals surface area contributed by atoms with E-state index in [2.05, 4.69) is 9.44 Å². The lowest BCUT2D eigenvalue weighted by Crippen LogP contribution is -2.57. The molecule has 0 aromatic rings. The smallest absolute Gasteiger partial charge is 0.394 e. The van der Waals surface area contributed by atoms with E-state index in [1.807, 2.05) is 0 Å². The van der Waals surface area contributed by atoms with Crippen LogP contribution in [0.1, 0.15) is 44.9 Å². The molecule has 0 aromatic carbocycles. The highest BCUT2D eigenvalue weighted by molar-refractivity contribution is 8.14. The zero-order valence-corrected chi connectivity index (χ0v) is 19.1. The summed E-state index contributed by atoms with van der Waals surface area (Å²) in [5.74, 6) is 0.680. The number of hydrogen-bond donors (Lipinski definition) is 5. The first-order valence-corrected chi connectivity index (χ1v) is 13.5. The number of aliphatic hydroxyl groups is 4. The van der Waals surface area contributed by atoms with Gasteiger partial charge in [-0.1, -0.05) is 42.6 Å². The van der Waals surface area contributed by atoms with Crippen LogP contribution in [0, 0.1) is 0 Å². The first kappa shape index (κ1) is 27.7. The minimum Gasteiger partial charge on any atom is -0.394 e. The van der Waals surface area contributed by atoms with E-state index >= 15 is 0 Å². The minimum atomic E-state index is -4.82. The molecule has 6 atom stereocenters. The van der Waals surface area contributed by atoms with Gasteiger partial charge in [0.15, 0.2) is 0 Å². The van der Waals surface area contributed by atoms with Gasteiger partial charge in [-0.25, -0.2) is 4.28 Å². The maximum absolute atomic E-state index is 11.0. The molecule has 0 amide bonds. The summed E-state index contributed by atoms with van der Waals surface area (Å²) in [7, 11) is -5.61. The Morgan fingerprint density at radius 2 is 1.67 bits per heavy atom. The van der Waals surface area contributed by atoms with Crippen molar-refractivity contribution < 1.29 is 46.6 Å². The first-order valence-electron chi connectivity index (χ1n) is 9.55. The molecule has 178 valence electrons. The maximum Gasteiger partial charge on any atom is 0.466 e. The van der Waals surface area contributed by atoms with Gasteiger partial charge in [0.05, 0.1) is 6.61 Å². The molecule has 0 aliphatic carbocycles. The van der Waals surface area contributed by atoms with Crippen molar-refractivity contribution in [3.8, 4) is 0 Å². The Bertz CT molecular complexity index is 658. The summed E-state index contributed by atoms with van der Waals surface area (Å²) in [5.41, 5.74) is -1.14. The van der Waals surface area contributed by atoms with Crippen molar-refractivity contribution in [2.45, 2.75) is 74.8 Å². The third-order valence-corrected chi connectivity index (χ3v) is 6.71. The first-order chi connectivity index (χ1) is 14.0. The standard InChI is InChI=1S/C16H31NO10S3/c1-29(22)9-7-5-3-2-4-6-8-12(17-27-30(23,24)25)28-16-15(21)14(20)13(19)11(10-18)26-16/h11,13-16,18-21H,2-10H2,1H3,(H,23,24,25)/b17-12-/t11-,13-,14+,15-,16+,29+/m1/s1. The maximum atomic E-state index is 11.0. The van der Waals surface area contributed by atoms with Gasteiger partial charge in [-0.2, -0.15) is 8.42 Å². The number of hydrogen-bond acceptors (Lipinski definition) is 11. The number of rotatable bonds is 13. The summed E-state index contributed by atoms with van der Waals surface area (Å²) in [5, 5.41) is 42.5. The molecule has 5 N–H and O–H groups in total. The van der Waals surface area contributed by atoms with Crippen molar-refractivity contribution in [3.05, 3.63) is 0 Å². The van der Waals surface area contributed by atoms with E-state index < -0.39 is 57.7 Å². The van der Waals surface area contributed by atoms with Gasteiger partial charge in [-0.15, -0.1) is 0 Å². The van der Waals surface area contributed by atoms with E-state index in [1.54, 1.807) is 6.26 Å². The third-order valence-electron chi connectivity index (χ3n) is 4.41. The summed E-state index contributed by atoms with van der Waals surface area (Å²) < 4.78 is 50.8. The van der Waals surface area contributed by atoms with E-state index in [4.69, 9.17) is 9.29 Å². The lowest BCUT2D eigenvalue weighted by molar-refractivity contribution is -0.205. The van der Waals surface area contributed by atoms with Gasteiger partial charge in [0.2, 0.25) is 0 Å². The number of thioether (sulfide) groups is 1. The van der Waals surface area contributed by atoms with Gasteiger partial charge in [0.1, 0.15) is 34.9 Å². The second-order valence-corrected chi connectivity index (χ2v) is 10.7. The van der Waals surface area contributed by atoms with Crippen molar-refractivity contribution in [2.75, 3.05) is 18.6 Å². The van der Waals surface area contributed by atoms with Gasteiger partial charge < -0.3 is 25.2 Å². The van der Waals surface area contributed by atoms with Gasteiger partial charge in [0.25, 0.3) is 0 Å². The summed E-state index contributed by atoms with van der Waals surface area (Å²) in [6, 6.07) is 0. The Kier molecular flexibility index (Phi) is 12.9.